The second-order valence-electron chi connectivity index (χ2n) is 2.24. The lowest BCUT2D eigenvalue weighted by molar-refractivity contribution is 0.0602. The molecule has 66 valence electrons. The third kappa shape index (κ3) is 1.79. The van der Waals surface area contributed by atoms with Gasteiger partial charge in [-0.3, -0.25) is 0 Å². The number of ether oxygens (including phenoxy) is 1. The molecule has 3 nitrogen and oxygen atoms in total. The van der Waals surface area contributed by atoms with E-state index in [1.165, 1.54) is 13.2 Å². The van der Waals surface area contributed by atoms with Crippen LogP contribution in [0.2, 0.25) is 5.02 Å². The Morgan fingerprint density at radius 2 is 2.31 bits per heavy atom. The van der Waals surface area contributed by atoms with Crippen LogP contribution < -0.4 is 0 Å². The smallest absolute Gasteiger partial charge is 0.327 e. The van der Waals surface area contributed by atoms with Crippen molar-refractivity contribution in [1.82, 2.24) is 0 Å². The number of hydrogen-bond donors (Lipinski definition) is 0. The Labute approximate surface area is 80.7 Å². The number of carbonyl (C=O) groups excluding carboxylic acids is 1. The van der Waals surface area contributed by atoms with E-state index in [4.69, 9.17) is 18.2 Å². The minimum atomic E-state index is -0.548. The average molecular weight is 196 g/mol. The molecule has 0 aliphatic heterocycles. The van der Waals surface area contributed by atoms with Crippen LogP contribution in [0.5, 0.6) is 0 Å². The number of halogens is 1. The molecule has 0 spiro atoms. The van der Waals surface area contributed by atoms with E-state index in [0.29, 0.717) is 0 Å². The fourth-order valence-corrected chi connectivity index (χ4v) is 1.12. The molecule has 13 heavy (non-hydrogen) atoms. The number of rotatable bonds is 1. The second kappa shape index (κ2) is 3.92. The molecular formula is C9H6ClNO2. The molecule has 0 saturated heterocycles. The first-order valence-corrected chi connectivity index (χ1v) is 3.82. The van der Waals surface area contributed by atoms with Gasteiger partial charge < -0.3 is 4.74 Å². The van der Waals surface area contributed by atoms with Crippen molar-refractivity contribution in [2.24, 2.45) is 0 Å². The van der Waals surface area contributed by atoms with Crippen molar-refractivity contribution in [3.8, 4) is 0 Å². The molecule has 0 unspecified atom stereocenters. The van der Waals surface area contributed by atoms with Gasteiger partial charge in [-0.05, 0) is 0 Å². The molecule has 0 fully saturated rings. The highest BCUT2D eigenvalue weighted by Gasteiger charge is 2.13. The summed E-state index contributed by atoms with van der Waals surface area (Å²) in [6, 6.07) is 4.66. The van der Waals surface area contributed by atoms with Crippen molar-refractivity contribution < 1.29 is 9.53 Å². The van der Waals surface area contributed by atoms with Gasteiger partial charge in [0.25, 0.3) is 0 Å². The fraction of sp³-hybridized carbons (Fsp3) is 0.111. The van der Waals surface area contributed by atoms with Crippen LogP contribution in [0.15, 0.2) is 18.2 Å². The normalized spacial score (nSPS) is 9.00. The van der Waals surface area contributed by atoms with E-state index in [0.717, 1.165) is 0 Å². The van der Waals surface area contributed by atoms with Gasteiger partial charge in [-0.25, -0.2) is 9.64 Å². The summed E-state index contributed by atoms with van der Waals surface area (Å²) in [4.78, 5) is 14.3. The van der Waals surface area contributed by atoms with E-state index in [-0.39, 0.29) is 16.3 Å². The van der Waals surface area contributed by atoms with Crippen molar-refractivity contribution in [2.75, 3.05) is 7.11 Å². The van der Waals surface area contributed by atoms with Gasteiger partial charge in [0.15, 0.2) is 0 Å². The van der Waals surface area contributed by atoms with Gasteiger partial charge in [0, 0.05) is 5.02 Å². The van der Waals surface area contributed by atoms with Gasteiger partial charge in [0.1, 0.15) is 0 Å². The van der Waals surface area contributed by atoms with Crippen molar-refractivity contribution >= 4 is 23.3 Å². The first-order valence-electron chi connectivity index (χ1n) is 3.45. The maximum absolute atomic E-state index is 11.1. The van der Waals surface area contributed by atoms with Crippen LogP contribution in [-0.4, -0.2) is 13.1 Å². The minimum absolute atomic E-state index is 0.135. The summed E-state index contributed by atoms with van der Waals surface area (Å²) >= 11 is 5.71. The number of para-hydroxylation sites is 1. The molecule has 0 aliphatic carbocycles. The molecule has 0 amide bonds. The second-order valence-corrected chi connectivity index (χ2v) is 2.65. The Hall–Kier alpha value is -1.53. The van der Waals surface area contributed by atoms with Crippen LogP contribution >= 0.6 is 11.6 Å². The zero-order valence-corrected chi connectivity index (χ0v) is 7.63. The molecule has 1 aromatic rings. The highest BCUT2D eigenvalue weighted by atomic mass is 35.5. The quantitative estimate of drug-likeness (QED) is 0.510. The highest BCUT2D eigenvalue weighted by Crippen LogP contribution is 2.29. The number of benzene rings is 1. The molecular weight excluding hydrogens is 190 g/mol. The summed E-state index contributed by atoms with van der Waals surface area (Å²) in [5.41, 5.74) is 0.334. The number of esters is 1. The molecule has 4 heteroatoms. The van der Waals surface area contributed by atoms with Crippen LogP contribution in [0.1, 0.15) is 10.4 Å². The number of methoxy groups -OCH3 is 1. The first kappa shape index (κ1) is 9.56. The molecule has 1 aromatic carbocycles. The van der Waals surface area contributed by atoms with E-state index in [9.17, 15) is 4.79 Å². The minimum Gasteiger partial charge on any atom is -0.466 e. The Kier molecular flexibility index (Phi) is 2.88. The zero-order chi connectivity index (χ0) is 9.84. The molecule has 0 heterocycles. The Morgan fingerprint density at radius 3 is 2.85 bits per heavy atom. The van der Waals surface area contributed by atoms with E-state index < -0.39 is 5.97 Å². The summed E-state index contributed by atoms with van der Waals surface area (Å²) < 4.78 is 4.49. The van der Waals surface area contributed by atoms with Crippen LogP contribution in [0.4, 0.5) is 5.69 Å². The summed E-state index contributed by atoms with van der Waals surface area (Å²) in [6.45, 7) is 6.83. The highest BCUT2D eigenvalue weighted by molar-refractivity contribution is 6.34. The monoisotopic (exact) mass is 195 g/mol. The summed E-state index contributed by atoms with van der Waals surface area (Å²) in [6.07, 6.45) is 0. The van der Waals surface area contributed by atoms with E-state index in [2.05, 4.69) is 9.58 Å². The summed E-state index contributed by atoms with van der Waals surface area (Å²) in [5.74, 6) is -0.548. The number of carbonyl (C=O) groups is 1. The summed E-state index contributed by atoms with van der Waals surface area (Å²) in [5, 5.41) is 0.262. The third-order valence-corrected chi connectivity index (χ3v) is 1.81. The topological polar surface area (TPSA) is 30.7 Å². The molecule has 0 aromatic heterocycles. The summed E-state index contributed by atoms with van der Waals surface area (Å²) in [7, 11) is 1.26. The molecule has 0 saturated carbocycles. The lowest BCUT2D eigenvalue weighted by Gasteiger charge is -2.02. The fourth-order valence-electron chi connectivity index (χ4n) is 0.904. The SMILES string of the molecule is [C-]#[N+]c1c(Cl)cccc1C(=O)OC. The van der Waals surface area contributed by atoms with Crippen molar-refractivity contribution in [2.45, 2.75) is 0 Å². The van der Waals surface area contributed by atoms with Gasteiger partial charge in [-0.2, -0.15) is 0 Å². The predicted molar refractivity (Wildman–Crippen MR) is 49.1 cm³/mol. The van der Waals surface area contributed by atoms with E-state index >= 15 is 0 Å². The molecule has 1 rings (SSSR count). The van der Waals surface area contributed by atoms with Crippen molar-refractivity contribution in [3.05, 3.63) is 40.2 Å². The van der Waals surface area contributed by atoms with Crippen molar-refractivity contribution in [3.63, 3.8) is 0 Å². The lowest BCUT2D eigenvalue weighted by atomic mass is 10.2. The largest absolute Gasteiger partial charge is 0.466 e. The number of hydrogen-bond acceptors (Lipinski definition) is 2. The van der Waals surface area contributed by atoms with E-state index in [1.807, 2.05) is 0 Å². The van der Waals surface area contributed by atoms with E-state index in [1.54, 1.807) is 12.1 Å². The standard InChI is InChI=1S/C9H6ClNO2/c1-11-8-6(9(12)13-2)4-3-5-7(8)10/h3-5H,2H3. The predicted octanol–water partition coefficient (Wildman–Crippen LogP) is 2.68. The molecule has 0 N–H and O–H groups in total. The maximum Gasteiger partial charge on any atom is 0.327 e. The van der Waals surface area contributed by atoms with Crippen molar-refractivity contribution in [1.29, 1.82) is 0 Å². The van der Waals surface area contributed by atoms with Gasteiger partial charge in [0.05, 0.1) is 19.2 Å². The van der Waals surface area contributed by atoms with Gasteiger partial charge >= 0.3 is 5.97 Å². The molecule has 0 radical (unpaired) electrons. The zero-order valence-electron chi connectivity index (χ0n) is 6.87. The lowest BCUT2D eigenvalue weighted by Crippen LogP contribution is -2.00. The third-order valence-electron chi connectivity index (χ3n) is 1.50. The van der Waals surface area contributed by atoms with Crippen LogP contribution in [0.3, 0.4) is 0 Å². The van der Waals surface area contributed by atoms with Gasteiger partial charge in [0.2, 0.25) is 5.69 Å². The average Bonchev–Trinajstić information content (AvgIpc) is 2.16. The number of nitrogens with zero attached hydrogens (tertiary/aromatic N) is 1. The van der Waals surface area contributed by atoms with Gasteiger partial charge in [-0.15, -0.1) is 0 Å². The molecule has 0 bridgehead atoms. The first-order chi connectivity index (χ1) is 6.20. The molecule has 0 atom stereocenters. The van der Waals surface area contributed by atoms with Crippen LogP contribution in [0.25, 0.3) is 4.85 Å². The maximum atomic E-state index is 11.1. The van der Waals surface area contributed by atoms with Gasteiger partial charge in [-0.1, -0.05) is 29.8 Å². The Balaban J connectivity index is 3.30. The Morgan fingerprint density at radius 1 is 1.62 bits per heavy atom. The van der Waals surface area contributed by atoms with Crippen LogP contribution in [-0.2, 0) is 4.74 Å². The molecule has 0 aliphatic rings. The Bertz CT molecular complexity index is 382. The van der Waals surface area contributed by atoms with Crippen LogP contribution in [0, 0.1) is 6.57 Å².